The fourth-order valence-electron chi connectivity index (χ4n) is 1.53. The molecule has 98 valence electrons. The Hall–Kier alpha value is -0.720. The highest BCUT2D eigenvalue weighted by molar-refractivity contribution is 9.11. The van der Waals surface area contributed by atoms with Crippen molar-refractivity contribution < 1.29 is 4.79 Å². The minimum absolute atomic E-state index is 0.258. The van der Waals surface area contributed by atoms with Gasteiger partial charge in [-0.3, -0.25) is 4.79 Å². The summed E-state index contributed by atoms with van der Waals surface area (Å²) in [5, 5.41) is 2.83. The number of carbonyl (C=O) groups excluding carboxylic acids is 1. The molecule has 6 heteroatoms. The molecular weight excluding hydrogens is 440 g/mol. The van der Waals surface area contributed by atoms with E-state index in [9.17, 15) is 4.79 Å². The minimum atomic E-state index is -0.258. The van der Waals surface area contributed by atoms with E-state index in [4.69, 9.17) is 0 Å². The van der Waals surface area contributed by atoms with Gasteiger partial charge in [-0.25, -0.2) is 4.98 Å². The maximum Gasteiger partial charge on any atom is 0.274 e. The van der Waals surface area contributed by atoms with Crippen molar-refractivity contribution in [2.45, 2.75) is 6.92 Å². The largest absolute Gasteiger partial charge is 0.319 e. The first-order valence-electron chi connectivity index (χ1n) is 5.37. The predicted octanol–water partition coefficient (Wildman–Crippen LogP) is 4.93. The lowest BCUT2D eigenvalue weighted by Crippen LogP contribution is -2.14. The summed E-state index contributed by atoms with van der Waals surface area (Å²) >= 11 is 10.1. The van der Waals surface area contributed by atoms with Crippen molar-refractivity contribution in [1.29, 1.82) is 0 Å². The van der Waals surface area contributed by atoms with Crippen LogP contribution in [0.15, 0.2) is 43.9 Å². The van der Waals surface area contributed by atoms with Gasteiger partial charge in [0.25, 0.3) is 5.91 Å². The van der Waals surface area contributed by atoms with Gasteiger partial charge >= 0.3 is 0 Å². The van der Waals surface area contributed by atoms with Crippen LogP contribution in [0.5, 0.6) is 0 Å². The molecule has 0 aliphatic carbocycles. The summed E-state index contributed by atoms with van der Waals surface area (Å²) in [7, 11) is 0. The molecule has 1 heterocycles. The molecule has 0 aliphatic heterocycles. The summed E-state index contributed by atoms with van der Waals surface area (Å²) in [5.74, 6) is -0.258. The summed E-state index contributed by atoms with van der Waals surface area (Å²) in [6.45, 7) is 1.98. The van der Waals surface area contributed by atoms with Gasteiger partial charge in [-0.2, -0.15) is 0 Å². The maximum atomic E-state index is 12.1. The molecule has 0 atom stereocenters. The van der Waals surface area contributed by atoms with Crippen molar-refractivity contribution in [2.24, 2.45) is 0 Å². The second-order valence-electron chi connectivity index (χ2n) is 3.90. The molecular formula is C13H9Br3N2O. The van der Waals surface area contributed by atoms with Gasteiger partial charge in [0.15, 0.2) is 0 Å². The van der Waals surface area contributed by atoms with E-state index >= 15 is 0 Å². The molecule has 2 rings (SSSR count). The number of carbonyl (C=O) groups is 1. The fourth-order valence-corrected chi connectivity index (χ4v) is 3.49. The summed E-state index contributed by atoms with van der Waals surface area (Å²) in [5.41, 5.74) is 2.14. The van der Waals surface area contributed by atoms with Gasteiger partial charge < -0.3 is 5.32 Å². The minimum Gasteiger partial charge on any atom is -0.319 e. The number of nitrogens with one attached hydrogen (secondary N) is 1. The van der Waals surface area contributed by atoms with Gasteiger partial charge in [0.1, 0.15) is 10.3 Å². The Kier molecular flexibility index (Phi) is 4.76. The summed E-state index contributed by atoms with van der Waals surface area (Å²) in [6.07, 6.45) is 0. The van der Waals surface area contributed by atoms with Crippen LogP contribution >= 0.6 is 47.8 Å². The number of hydrogen-bond donors (Lipinski definition) is 1. The van der Waals surface area contributed by atoms with Crippen LogP contribution in [0.1, 0.15) is 16.1 Å². The van der Waals surface area contributed by atoms with E-state index in [0.29, 0.717) is 16.0 Å². The van der Waals surface area contributed by atoms with Crippen LogP contribution in [0.3, 0.4) is 0 Å². The lowest BCUT2D eigenvalue weighted by Gasteiger charge is -2.10. The average molecular weight is 449 g/mol. The SMILES string of the molecule is Cc1cc(Br)c(NC(=O)c2cccc(Br)n2)c(Br)c1. The van der Waals surface area contributed by atoms with Gasteiger partial charge in [0, 0.05) is 8.95 Å². The van der Waals surface area contributed by atoms with Crippen LogP contribution < -0.4 is 5.32 Å². The molecule has 0 fully saturated rings. The number of pyridine rings is 1. The molecule has 0 saturated carbocycles. The Morgan fingerprint density at radius 1 is 1.16 bits per heavy atom. The average Bonchev–Trinajstić information content (AvgIpc) is 2.33. The monoisotopic (exact) mass is 446 g/mol. The number of benzene rings is 1. The quantitative estimate of drug-likeness (QED) is 0.662. The molecule has 0 unspecified atom stereocenters. The van der Waals surface area contributed by atoms with Crippen LogP contribution in [-0.2, 0) is 0 Å². The standard InChI is InChI=1S/C13H9Br3N2O/c1-7-5-8(14)12(9(15)6-7)18-13(19)10-3-2-4-11(16)17-10/h2-6H,1H3,(H,18,19). The Morgan fingerprint density at radius 3 is 2.37 bits per heavy atom. The number of amides is 1. The summed E-state index contributed by atoms with van der Waals surface area (Å²) in [6, 6.07) is 9.08. The second-order valence-corrected chi connectivity index (χ2v) is 6.42. The van der Waals surface area contributed by atoms with Gasteiger partial charge in [0.2, 0.25) is 0 Å². The van der Waals surface area contributed by atoms with Crippen LogP contribution in [0.25, 0.3) is 0 Å². The van der Waals surface area contributed by atoms with E-state index in [2.05, 4.69) is 58.1 Å². The predicted molar refractivity (Wildman–Crippen MR) is 86.5 cm³/mol. The molecule has 1 aromatic heterocycles. The van der Waals surface area contributed by atoms with Crippen molar-refractivity contribution in [3.05, 3.63) is 55.1 Å². The Labute approximate surface area is 136 Å². The Bertz CT molecular complexity index is 621. The fraction of sp³-hybridized carbons (Fsp3) is 0.0769. The van der Waals surface area contributed by atoms with Crippen LogP contribution in [0, 0.1) is 6.92 Å². The molecule has 1 amide bonds. The Balaban J connectivity index is 2.29. The highest BCUT2D eigenvalue weighted by atomic mass is 79.9. The van der Waals surface area contributed by atoms with Crippen molar-refractivity contribution >= 4 is 59.4 Å². The van der Waals surface area contributed by atoms with E-state index in [1.54, 1.807) is 18.2 Å². The lowest BCUT2D eigenvalue weighted by molar-refractivity contribution is 0.102. The molecule has 2 aromatic rings. The molecule has 0 saturated heterocycles. The molecule has 1 N–H and O–H groups in total. The number of aromatic nitrogens is 1. The maximum absolute atomic E-state index is 12.1. The number of hydrogen-bond acceptors (Lipinski definition) is 2. The molecule has 19 heavy (non-hydrogen) atoms. The molecule has 1 aromatic carbocycles. The first-order chi connectivity index (χ1) is 8.97. The van der Waals surface area contributed by atoms with E-state index in [-0.39, 0.29) is 5.91 Å². The summed E-state index contributed by atoms with van der Waals surface area (Å²) in [4.78, 5) is 16.2. The first kappa shape index (κ1) is 14.7. The van der Waals surface area contributed by atoms with Crippen molar-refractivity contribution in [3.63, 3.8) is 0 Å². The van der Waals surface area contributed by atoms with Crippen LogP contribution in [0.2, 0.25) is 0 Å². The van der Waals surface area contributed by atoms with Gasteiger partial charge in [-0.15, -0.1) is 0 Å². The lowest BCUT2D eigenvalue weighted by atomic mass is 10.2. The highest BCUT2D eigenvalue weighted by Crippen LogP contribution is 2.32. The third kappa shape index (κ3) is 3.64. The zero-order chi connectivity index (χ0) is 14.0. The van der Waals surface area contributed by atoms with Crippen LogP contribution in [0.4, 0.5) is 5.69 Å². The van der Waals surface area contributed by atoms with E-state index in [0.717, 1.165) is 14.5 Å². The second kappa shape index (κ2) is 6.15. The van der Waals surface area contributed by atoms with Crippen molar-refractivity contribution in [2.75, 3.05) is 5.32 Å². The number of nitrogens with zero attached hydrogens (tertiary/aromatic N) is 1. The Morgan fingerprint density at radius 2 is 1.79 bits per heavy atom. The third-order valence-corrected chi connectivity index (χ3v) is 4.07. The molecule has 0 bridgehead atoms. The van der Waals surface area contributed by atoms with Crippen molar-refractivity contribution in [1.82, 2.24) is 4.98 Å². The normalized spacial score (nSPS) is 10.3. The first-order valence-corrected chi connectivity index (χ1v) is 7.75. The zero-order valence-electron chi connectivity index (χ0n) is 9.88. The molecule has 0 spiro atoms. The van der Waals surface area contributed by atoms with Crippen molar-refractivity contribution in [3.8, 4) is 0 Å². The number of rotatable bonds is 2. The topological polar surface area (TPSA) is 42.0 Å². The van der Waals surface area contributed by atoms with E-state index in [1.807, 2.05) is 19.1 Å². The van der Waals surface area contributed by atoms with Gasteiger partial charge in [0.05, 0.1) is 5.69 Å². The summed E-state index contributed by atoms with van der Waals surface area (Å²) < 4.78 is 2.27. The molecule has 0 radical (unpaired) electrons. The van der Waals surface area contributed by atoms with Crippen LogP contribution in [-0.4, -0.2) is 10.9 Å². The number of anilines is 1. The van der Waals surface area contributed by atoms with Gasteiger partial charge in [-0.05, 0) is 84.5 Å². The highest BCUT2D eigenvalue weighted by Gasteiger charge is 2.13. The smallest absolute Gasteiger partial charge is 0.274 e. The van der Waals surface area contributed by atoms with Gasteiger partial charge in [-0.1, -0.05) is 6.07 Å². The van der Waals surface area contributed by atoms with E-state index in [1.165, 1.54) is 0 Å². The number of halogens is 3. The molecule has 0 aliphatic rings. The van der Waals surface area contributed by atoms with E-state index < -0.39 is 0 Å². The molecule has 3 nitrogen and oxygen atoms in total. The zero-order valence-corrected chi connectivity index (χ0v) is 14.6. The number of aryl methyl sites for hydroxylation is 1. The third-order valence-electron chi connectivity index (χ3n) is 2.37.